The lowest BCUT2D eigenvalue weighted by molar-refractivity contribution is 0.149. The number of pyridine rings is 1. The van der Waals surface area contributed by atoms with Crippen molar-refractivity contribution in [1.82, 2.24) is 4.98 Å². The lowest BCUT2D eigenvalue weighted by Crippen LogP contribution is -2.12. The van der Waals surface area contributed by atoms with Gasteiger partial charge in [-0.2, -0.15) is 0 Å². The molecule has 0 saturated carbocycles. The normalized spacial score (nSPS) is 10.2. The smallest absolute Gasteiger partial charge is 0.404 e. The molecule has 0 fully saturated rings. The molecule has 2 aromatic rings. The number of carbonyl (C=O) groups is 1. The summed E-state index contributed by atoms with van der Waals surface area (Å²) in [5.74, 6) is 0.0133. The second-order valence-electron chi connectivity index (χ2n) is 3.26. The standard InChI is InChI=1S/C11H10N2O3/c12-11(15)16-6-8-4-3-7-2-1-5-13-9(7)10(8)14/h1-5,14H,6H2,(H2,12,15). The number of nitrogens with zero attached hydrogens (tertiary/aromatic N) is 1. The fourth-order valence-electron chi connectivity index (χ4n) is 1.44. The molecule has 0 unspecified atom stereocenters. The highest BCUT2D eigenvalue weighted by Crippen LogP contribution is 2.27. The SMILES string of the molecule is NC(=O)OCc1ccc2cccnc2c1O. The molecular weight excluding hydrogens is 208 g/mol. The molecule has 0 aliphatic carbocycles. The number of rotatable bonds is 2. The van der Waals surface area contributed by atoms with Gasteiger partial charge in [-0.25, -0.2) is 4.79 Å². The summed E-state index contributed by atoms with van der Waals surface area (Å²) in [6.45, 7) is -0.0618. The maximum atomic E-state index is 10.5. The van der Waals surface area contributed by atoms with E-state index >= 15 is 0 Å². The Hall–Kier alpha value is -2.30. The van der Waals surface area contributed by atoms with Gasteiger partial charge in [0.05, 0.1) is 0 Å². The summed E-state index contributed by atoms with van der Waals surface area (Å²) < 4.78 is 4.61. The third-order valence-corrected chi connectivity index (χ3v) is 2.20. The minimum absolute atomic E-state index is 0.0133. The molecule has 1 aromatic heterocycles. The summed E-state index contributed by atoms with van der Waals surface area (Å²) in [7, 11) is 0. The summed E-state index contributed by atoms with van der Waals surface area (Å²) in [4.78, 5) is 14.5. The van der Waals surface area contributed by atoms with Crippen LogP contribution in [0, 0.1) is 0 Å². The van der Waals surface area contributed by atoms with Gasteiger partial charge in [0.1, 0.15) is 17.9 Å². The lowest BCUT2D eigenvalue weighted by atomic mass is 10.1. The average Bonchev–Trinajstić information content (AvgIpc) is 2.28. The summed E-state index contributed by atoms with van der Waals surface area (Å²) in [5.41, 5.74) is 5.80. The first kappa shape index (κ1) is 10.2. The predicted octanol–water partition coefficient (Wildman–Crippen LogP) is 1.54. The first-order valence-electron chi connectivity index (χ1n) is 4.66. The van der Waals surface area contributed by atoms with Gasteiger partial charge in [0.2, 0.25) is 0 Å². The molecular formula is C11H10N2O3. The molecule has 0 radical (unpaired) electrons. The number of primary amides is 1. The van der Waals surface area contributed by atoms with Crippen molar-refractivity contribution in [2.75, 3.05) is 0 Å². The second kappa shape index (κ2) is 4.06. The van der Waals surface area contributed by atoms with Gasteiger partial charge in [0.25, 0.3) is 0 Å². The molecule has 0 spiro atoms. The zero-order valence-electron chi connectivity index (χ0n) is 8.38. The molecule has 16 heavy (non-hydrogen) atoms. The summed E-state index contributed by atoms with van der Waals surface area (Å²) in [6, 6.07) is 7.08. The van der Waals surface area contributed by atoms with Crippen molar-refractivity contribution in [2.45, 2.75) is 6.61 Å². The number of amides is 1. The van der Waals surface area contributed by atoms with Crippen LogP contribution in [0.5, 0.6) is 5.75 Å². The Morgan fingerprint density at radius 1 is 1.44 bits per heavy atom. The molecule has 0 atom stereocenters. The van der Waals surface area contributed by atoms with Gasteiger partial charge in [-0.05, 0) is 6.07 Å². The third-order valence-electron chi connectivity index (χ3n) is 2.20. The number of hydrogen-bond donors (Lipinski definition) is 2. The molecule has 1 heterocycles. The topological polar surface area (TPSA) is 85.4 Å². The van der Waals surface area contributed by atoms with Crippen LogP contribution in [-0.2, 0) is 11.3 Å². The molecule has 3 N–H and O–H groups in total. The Bertz CT molecular complexity index is 540. The maximum absolute atomic E-state index is 10.5. The van der Waals surface area contributed by atoms with Crippen molar-refractivity contribution in [3.05, 3.63) is 36.0 Å². The van der Waals surface area contributed by atoms with Gasteiger partial charge >= 0.3 is 6.09 Å². The van der Waals surface area contributed by atoms with Crippen molar-refractivity contribution in [2.24, 2.45) is 5.73 Å². The molecule has 0 bridgehead atoms. The van der Waals surface area contributed by atoms with Gasteiger partial charge in [0, 0.05) is 17.1 Å². The summed E-state index contributed by atoms with van der Waals surface area (Å²) >= 11 is 0. The van der Waals surface area contributed by atoms with Gasteiger partial charge in [0.15, 0.2) is 0 Å². The first-order chi connectivity index (χ1) is 7.68. The average molecular weight is 218 g/mol. The summed E-state index contributed by atoms with van der Waals surface area (Å²) in [6.07, 6.45) is 0.710. The fourth-order valence-corrected chi connectivity index (χ4v) is 1.44. The van der Waals surface area contributed by atoms with E-state index in [0.29, 0.717) is 11.1 Å². The van der Waals surface area contributed by atoms with E-state index in [2.05, 4.69) is 9.72 Å². The minimum Gasteiger partial charge on any atom is -0.505 e. The molecule has 1 amide bonds. The zero-order valence-corrected chi connectivity index (χ0v) is 8.38. The van der Waals surface area contributed by atoms with Crippen LogP contribution in [0.15, 0.2) is 30.5 Å². The van der Waals surface area contributed by atoms with Crippen LogP contribution in [0.4, 0.5) is 4.79 Å². The minimum atomic E-state index is -0.875. The highest BCUT2D eigenvalue weighted by Gasteiger charge is 2.08. The fraction of sp³-hybridized carbons (Fsp3) is 0.0909. The molecule has 0 saturated heterocycles. The second-order valence-corrected chi connectivity index (χ2v) is 3.26. The largest absolute Gasteiger partial charge is 0.505 e. The Morgan fingerprint density at radius 3 is 3.00 bits per heavy atom. The van der Waals surface area contributed by atoms with Crippen molar-refractivity contribution in [3.8, 4) is 5.75 Å². The predicted molar refractivity (Wildman–Crippen MR) is 57.8 cm³/mol. The van der Waals surface area contributed by atoms with Gasteiger partial charge in [-0.1, -0.05) is 18.2 Å². The van der Waals surface area contributed by atoms with Crippen LogP contribution < -0.4 is 5.73 Å². The van der Waals surface area contributed by atoms with E-state index in [0.717, 1.165) is 5.39 Å². The number of nitrogens with two attached hydrogens (primary N) is 1. The van der Waals surface area contributed by atoms with Crippen molar-refractivity contribution in [3.63, 3.8) is 0 Å². The molecule has 5 heteroatoms. The van der Waals surface area contributed by atoms with E-state index in [1.165, 1.54) is 0 Å². The Kier molecular flexibility index (Phi) is 2.59. The molecule has 2 rings (SSSR count). The monoisotopic (exact) mass is 218 g/mol. The van der Waals surface area contributed by atoms with Crippen LogP contribution in [0.2, 0.25) is 0 Å². The van der Waals surface area contributed by atoms with E-state index in [-0.39, 0.29) is 12.4 Å². The van der Waals surface area contributed by atoms with E-state index in [9.17, 15) is 9.90 Å². The number of phenols is 1. The number of aromatic hydroxyl groups is 1. The van der Waals surface area contributed by atoms with Crippen LogP contribution in [0.3, 0.4) is 0 Å². The molecule has 5 nitrogen and oxygen atoms in total. The van der Waals surface area contributed by atoms with Gasteiger partial charge in [-0.3, -0.25) is 4.98 Å². The Balaban J connectivity index is 2.40. The van der Waals surface area contributed by atoms with E-state index in [1.807, 2.05) is 6.07 Å². The quantitative estimate of drug-likeness (QED) is 0.800. The van der Waals surface area contributed by atoms with E-state index < -0.39 is 6.09 Å². The van der Waals surface area contributed by atoms with E-state index in [4.69, 9.17) is 5.73 Å². The number of aromatic nitrogens is 1. The highest BCUT2D eigenvalue weighted by atomic mass is 16.5. The van der Waals surface area contributed by atoms with Crippen LogP contribution in [0.25, 0.3) is 10.9 Å². The molecule has 0 aliphatic heterocycles. The number of carbonyl (C=O) groups excluding carboxylic acids is 1. The molecule has 1 aromatic carbocycles. The van der Waals surface area contributed by atoms with Crippen LogP contribution >= 0.6 is 0 Å². The van der Waals surface area contributed by atoms with Crippen LogP contribution in [-0.4, -0.2) is 16.2 Å². The zero-order chi connectivity index (χ0) is 11.5. The summed E-state index contributed by atoms with van der Waals surface area (Å²) in [5, 5.41) is 10.7. The van der Waals surface area contributed by atoms with Gasteiger partial charge in [-0.15, -0.1) is 0 Å². The first-order valence-corrected chi connectivity index (χ1v) is 4.66. The molecule has 82 valence electrons. The molecule has 0 aliphatic rings. The Morgan fingerprint density at radius 2 is 2.25 bits per heavy atom. The van der Waals surface area contributed by atoms with Crippen molar-refractivity contribution in [1.29, 1.82) is 0 Å². The third kappa shape index (κ3) is 1.88. The van der Waals surface area contributed by atoms with Crippen LogP contribution in [0.1, 0.15) is 5.56 Å². The maximum Gasteiger partial charge on any atom is 0.404 e. The number of hydrogen-bond acceptors (Lipinski definition) is 4. The Labute approximate surface area is 91.5 Å². The van der Waals surface area contributed by atoms with Crippen molar-refractivity contribution >= 4 is 17.0 Å². The lowest BCUT2D eigenvalue weighted by Gasteiger charge is -2.06. The number of ether oxygens (including phenoxy) is 1. The highest BCUT2D eigenvalue weighted by molar-refractivity contribution is 5.85. The van der Waals surface area contributed by atoms with E-state index in [1.54, 1.807) is 24.4 Å². The van der Waals surface area contributed by atoms with Gasteiger partial charge < -0.3 is 15.6 Å². The van der Waals surface area contributed by atoms with Crippen molar-refractivity contribution < 1.29 is 14.6 Å². The number of phenolic OH excluding ortho intramolecular Hbond substituents is 1. The number of fused-ring (bicyclic) bond motifs is 1. The number of benzene rings is 1.